The number of hydrogen-bond acceptors (Lipinski definition) is 3. The Hall–Kier alpha value is -1.65. The van der Waals surface area contributed by atoms with Crippen LogP contribution in [0, 0.1) is 0 Å². The highest BCUT2D eigenvalue weighted by Gasteiger charge is 2.22. The fraction of sp³-hybridized carbons (Fsp3) is 0.471. The van der Waals surface area contributed by atoms with E-state index in [2.05, 4.69) is 63.8 Å². The molecule has 3 rings (SSSR count). The molecule has 0 spiro atoms. The Morgan fingerprint density at radius 2 is 1.90 bits per heavy atom. The van der Waals surface area contributed by atoms with Crippen LogP contribution in [0.4, 0.5) is 0 Å². The molecule has 3 heterocycles. The Labute approximate surface area is 127 Å². The molecule has 0 unspecified atom stereocenters. The van der Waals surface area contributed by atoms with Gasteiger partial charge in [-0.05, 0) is 31.2 Å². The predicted molar refractivity (Wildman–Crippen MR) is 84.9 cm³/mol. The standard InChI is InChI=1S/C17H24N4/c1-15(17-7-3-4-8-18-17)21-12-10-20(11-13-21)14-16-6-5-9-19(16)2/h3-9,15H,10-14H2,1-2H3/t15-/m1/s1. The largest absolute Gasteiger partial charge is 0.353 e. The molecule has 0 N–H and O–H groups in total. The van der Waals surface area contributed by atoms with Crippen LogP contribution in [0.25, 0.3) is 0 Å². The van der Waals surface area contributed by atoms with E-state index in [1.165, 1.54) is 11.4 Å². The molecule has 0 bridgehead atoms. The van der Waals surface area contributed by atoms with Crippen molar-refractivity contribution < 1.29 is 0 Å². The summed E-state index contributed by atoms with van der Waals surface area (Å²) in [6.07, 6.45) is 4.01. The second-order valence-electron chi connectivity index (χ2n) is 5.85. The molecule has 1 aliphatic heterocycles. The lowest BCUT2D eigenvalue weighted by atomic mass is 10.1. The smallest absolute Gasteiger partial charge is 0.0572 e. The quantitative estimate of drug-likeness (QED) is 0.861. The zero-order valence-electron chi connectivity index (χ0n) is 12.9. The predicted octanol–water partition coefficient (Wildman–Crippen LogP) is 2.30. The maximum Gasteiger partial charge on any atom is 0.0572 e. The van der Waals surface area contributed by atoms with Gasteiger partial charge >= 0.3 is 0 Å². The Bertz CT molecular complexity index is 555. The third-order valence-electron chi connectivity index (χ3n) is 4.51. The van der Waals surface area contributed by atoms with Gasteiger partial charge in [0.1, 0.15) is 0 Å². The van der Waals surface area contributed by atoms with Crippen molar-refractivity contribution >= 4 is 0 Å². The van der Waals surface area contributed by atoms with Crippen molar-refractivity contribution in [3.8, 4) is 0 Å². The summed E-state index contributed by atoms with van der Waals surface area (Å²) in [5, 5.41) is 0. The summed E-state index contributed by atoms with van der Waals surface area (Å²) >= 11 is 0. The zero-order valence-corrected chi connectivity index (χ0v) is 12.9. The van der Waals surface area contributed by atoms with Crippen molar-refractivity contribution in [2.75, 3.05) is 26.2 Å². The Balaban J connectivity index is 1.54. The first-order chi connectivity index (χ1) is 10.2. The number of hydrogen-bond donors (Lipinski definition) is 0. The lowest BCUT2D eigenvalue weighted by Gasteiger charge is -2.37. The Morgan fingerprint density at radius 3 is 2.52 bits per heavy atom. The van der Waals surface area contributed by atoms with Crippen molar-refractivity contribution in [2.45, 2.75) is 19.5 Å². The topological polar surface area (TPSA) is 24.3 Å². The first-order valence-electron chi connectivity index (χ1n) is 7.71. The van der Waals surface area contributed by atoms with Gasteiger partial charge in [0.2, 0.25) is 0 Å². The first-order valence-corrected chi connectivity index (χ1v) is 7.71. The number of nitrogens with zero attached hydrogens (tertiary/aromatic N) is 4. The van der Waals surface area contributed by atoms with Gasteiger partial charge in [-0.2, -0.15) is 0 Å². The molecular formula is C17H24N4. The summed E-state index contributed by atoms with van der Waals surface area (Å²) in [4.78, 5) is 9.56. The highest BCUT2D eigenvalue weighted by Crippen LogP contribution is 2.20. The maximum absolute atomic E-state index is 4.49. The monoisotopic (exact) mass is 284 g/mol. The molecule has 21 heavy (non-hydrogen) atoms. The van der Waals surface area contributed by atoms with Crippen LogP contribution in [0.3, 0.4) is 0 Å². The summed E-state index contributed by atoms with van der Waals surface area (Å²) in [6.45, 7) is 7.79. The van der Waals surface area contributed by atoms with Crippen molar-refractivity contribution in [3.05, 3.63) is 54.1 Å². The van der Waals surface area contributed by atoms with E-state index in [1.54, 1.807) is 0 Å². The van der Waals surface area contributed by atoms with E-state index >= 15 is 0 Å². The molecule has 0 saturated carbocycles. The molecule has 1 saturated heterocycles. The third-order valence-corrected chi connectivity index (χ3v) is 4.51. The van der Waals surface area contributed by atoms with Crippen molar-refractivity contribution in [3.63, 3.8) is 0 Å². The average Bonchev–Trinajstić information content (AvgIpc) is 2.93. The van der Waals surface area contributed by atoms with Crippen molar-refractivity contribution in [1.82, 2.24) is 19.4 Å². The number of rotatable bonds is 4. The number of aromatic nitrogens is 2. The van der Waals surface area contributed by atoms with Gasteiger partial charge in [0.25, 0.3) is 0 Å². The van der Waals surface area contributed by atoms with E-state index < -0.39 is 0 Å². The molecule has 1 aliphatic rings. The van der Waals surface area contributed by atoms with E-state index in [4.69, 9.17) is 0 Å². The molecule has 2 aromatic rings. The molecule has 0 aliphatic carbocycles. The Morgan fingerprint density at radius 1 is 1.10 bits per heavy atom. The lowest BCUT2D eigenvalue weighted by Crippen LogP contribution is -2.46. The highest BCUT2D eigenvalue weighted by molar-refractivity contribution is 5.09. The second-order valence-corrected chi connectivity index (χ2v) is 5.85. The fourth-order valence-corrected chi connectivity index (χ4v) is 3.01. The van der Waals surface area contributed by atoms with Crippen LogP contribution in [-0.4, -0.2) is 45.5 Å². The van der Waals surface area contributed by atoms with Gasteiger partial charge in [0.15, 0.2) is 0 Å². The molecule has 1 atom stereocenters. The van der Waals surface area contributed by atoms with Gasteiger partial charge in [-0.3, -0.25) is 14.8 Å². The highest BCUT2D eigenvalue weighted by atomic mass is 15.3. The summed E-state index contributed by atoms with van der Waals surface area (Å²) in [6, 6.07) is 10.9. The fourth-order valence-electron chi connectivity index (χ4n) is 3.01. The molecule has 112 valence electrons. The summed E-state index contributed by atoms with van der Waals surface area (Å²) in [7, 11) is 2.12. The van der Waals surface area contributed by atoms with Crippen LogP contribution in [0.5, 0.6) is 0 Å². The zero-order chi connectivity index (χ0) is 14.7. The average molecular weight is 284 g/mol. The van der Waals surface area contributed by atoms with Crippen LogP contribution < -0.4 is 0 Å². The number of pyridine rings is 1. The van der Waals surface area contributed by atoms with Crippen LogP contribution in [0.1, 0.15) is 24.4 Å². The van der Waals surface area contributed by atoms with Crippen LogP contribution >= 0.6 is 0 Å². The summed E-state index contributed by atoms with van der Waals surface area (Å²) < 4.78 is 2.21. The van der Waals surface area contributed by atoms with Gasteiger partial charge in [0.05, 0.1) is 5.69 Å². The Kier molecular flexibility index (Phi) is 4.36. The lowest BCUT2D eigenvalue weighted by molar-refractivity contribution is 0.0951. The summed E-state index contributed by atoms with van der Waals surface area (Å²) in [5.74, 6) is 0. The van der Waals surface area contributed by atoms with Gasteiger partial charge in [-0.15, -0.1) is 0 Å². The molecule has 0 aromatic carbocycles. The van der Waals surface area contributed by atoms with Crippen LogP contribution in [0.2, 0.25) is 0 Å². The van der Waals surface area contributed by atoms with E-state index in [-0.39, 0.29) is 0 Å². The first kappa shape index (κ1) is 14.3. The van der Waals surface area contributed by atoms with Crippen LogP contribution in [-0.2, 0) is 13.6 Å². The molecule has 0 radical (unpaired) electrons. The van der Waals surface area contributed by atoms with Crippen molar-refractivity contribution in [1.29, 1.82) is 0 Å². The second kappa shape index (κ2) is 6.41. The van der Waals surface area contributed by atoms with E-state index in [0.717, 1.165) is 32.7 Å². The number of aryl methyl sites for hydroxylation is 1. The van der Waals surface area contributed by atoms with Crippen molar-refractivity contribution in [2.24, 2.45) is 7.05 Å². The SMILES string of the molecule is C[C@H](c1ccccn1)N1CCN(Cc2cccn2C)CC1. The molecular weight excluding hydrogens is 260 g/mol. The minimum atomic E-state index is 0.406. The minimum absolute atomic E-state index is 0.406. The summed E-state index contributed by atoms with van der Waals surface area (Å²) in [5.41, 5.74) is 2.56. The normalized spacial score (nSPS) is 18.8. The van der Waals surface area contributed by atoms with Gasteiger partial charge in [-0.1, -0.05) is 6.07 Å². The number of piperazine rings is 1. The van der Waals surface area contributed by atoms with E-state index in [1.807, 2.05) is 12.3 Å². The van der Waals surface area contributed by atoms with Gasteiger partial charge in [0, 0.05) is 63.9 Å². The maximum atomic E-state index is 4.49. The third kappa shape index (κ3) is 3.34. The van der Waals surface area contributed by atoms with E-state index in [0.29, 0.717) is 6.04 Å². The molecule has 4 heteroatoms. The molecule has 2 aromatic heterocycles. The minimum Gasteiger partial charge on any atom is -0.353 e. The van der Waals surface area contributed by atoms with Gasteiger partial charge < -0.3 is 4.57 Å². The van der Waals surface area contributed by atoms with E-state index in [9.17, 15) is 0 Å². The van der Waals surface area contributed by atoms with Gasteiger partial charge in [-0.25, -0.2) is 0 Å². The van der Waals surface area contributed by atoms with Crippen LogP contribution in [0.15, 0.2) is 42.7 Å². The molecule has 0 amide bonds. The molecule has 4 nitrogen and oxygen atoms in total. The molecule has 1 fully saturated rings.